The van der Waals surface area contributed by atoms with E-state index in [1.807, 2.05) is 11.5 Å². The van der Waals surface area contributed by atoms with Crippen LogP contribution in [-0.2, 0) is 13.0 Å². The van der Waals surface area contributed by atoms with Crippen LogP contribution in [0.3, 0.4) is 0 Å². The Labute approximate surface area is 127 Å². The summed E-state index contributed by atoms with van der Waals surface area (Å²) < 4.78 is 2.63. The fourth-order valence-electron chi connectivity index (χ4n) is 2.36. The molecule has 0 aromatic carbocycles. The third kappa shape index (κ3) is 2.87. The van der Waals surface area contributed by atoms with E-state index in [0.29, 0.717) is 22.9 Å². The first-order valence-electron chi connectivity index (χ1n) is 7.07. The highest BCUT2D eigenvalue weighted by Gasteiger charge is 2.27. The van der Waals surface area contributed by atoms with Crippen molar-refractivity contribution in [2.75, 3.05) is 0 Å². The number of hydrogen-bond acceptors (Lipinski definition) is 4. The van der Waals surface area contributed by atoms with Crippen molar-refractivity contribution in [2.45, 2.75) is 38.8 Å². The van der Waals surface area contributed by atoms with Gasteiger partial charge in [-0.05, 0) is 43.1 Å². The maximum Gasteiger partial charge on any atom is 0.252 e. The molecule has 2 aromatic heterocycles. The molecule has 21 heavy (non-hydrogen) atoms. The quantitative estimate of drug-likeness (QED) is 0.830. The third-order valence-electron chi connectivity index (χ3n) is 3.63. The Bertz CT molecular complexity index is 716. The molecular weight excluding hydrogens is 286 g/mol. The van der Waals surface area contributed by atoms with E-state index in [-0.39, 0.29) is 5.91 Å². The minimum atomic E-state index is -0.106. The highest BCUT2D eigenvalue weighted by atomic mass is 32.1. The van der Waals surface area contributed by atoms with Crippen molar-refractivity contribution < 1.29 is 4.79 Å². The minimum Gasteiger partial charge on any atom is -0.345 e. The van der Waals surface area contributed by atoms with Crippen molar-refractivity contribution in [3.05, 3.63) is 40.2 Å². The minimum absolute atomic E-state index is 0.106. The molecule has 0 spiro atoms. The number of hydrogen-bond donors (Lipinski definition) is 2. The summed E-state index contributed by atoms with van der Waals surface area (Å²) in [6.07, 6.45) is 6.39. The number of pyridine rings is 1. The summed E-state index contributed by atoms with van der Waals surface area (Å²) in [5.41, 5.74) is 1.61. The highest BCUT2D eigenvalue weighted by Crippen LogP contribution is 2.35. The van der Waals surface area contributed by atoms with Gasteiger partial charge in [-0.15, -0.1) is 0 Å². The molecule has 2 heterocycles. The summed E-state index contributed by atoms with van der Waals surface area (Å²) in [7, 11) is 0. The molecule has 6 nitrogen and oxygen atoms in total. The molecule has 1 aliphatic rings. The fourth-order valence-corrected chi connectivity index (χ4v) is 2.66. The number of aromatic nitrogens is 4. The average molecular weight is 303 g/mol. The zero-order valence-corrected chi connectivity index (χ0v) is 12.6. The van der Waals surface area contributed by atoms with E-state index >= 15 is 0 Å². The van der Waals surface area contributed by atoms with Gasteiger partial charge in [-0.1, -0.05) is 6.92 Å². The van der Waals surface area contributed by atoms with Gasteiger partial charge in [0.15, 0.2) is 10.6 Å². The molecule has 110 valence electrons. The predicted octanol–water partition coefficient (Wildman–Crippen LogP) is 2.16. The number of rotatable bonds is 5. The lowest BCUT2D eigenvalue weighted by atomic mass is 10.1. The smallest absolute Gasteiger partial charge is 0.252 e. The molecule has 0 unspecified atom stereocenters. The molecule has 0 atom stereocenters. The summed E-state index contributed by atoms with van der Waals surface area (Å²) in [6.45, 7) is 2.37. The Balaban J connectivity index is 1.73. The Kier molecular flexibility index (Phi) is 3.83. The Hall–Kier alpha value is -2.02. The SMILES string of the molecule is CCc1cnccc1C(=O)NCc1n[nH]c(=S)n1C1CC1. The molecule has 3 rings (SSSR count). The summed E-state index contributed by atoms with van der Waals surface area (Å²) in [5, 5.41) is 9.91. The number of nitrogens with zero attached hydrogens (tertiary/aromatic N) is 3. The zero-order valence-electron chi connectivity index (χ0n) is 11.8. The molecule has 0 saturated heterocycles. The monoisotopic (exact) mass is 303 g/mol. The maximum atomic E-state index is 12.3. The van der Waals surface area contributed by atoms with Crippen LogP contribution in [0.15, 0.2) is 18.5 Å². The van der Waals surface area contributed by atoms with Crippen LogP contribution in [0.4, 0.5) is 0 Å². The van der Waals surface area contributed by atoms with E-state index in [0.717, 1.165) is 30.7 Å². The molecule has 2 N–H and O–H groups in total. The first-order valence-corrected chi connectivity index (χ1v) is 7.48. The molecule has 7 heteroatoms. The molecule has 1 aliphatic carbocycles. The van der Waals surface area contributed by atoms with Crippen LogP contribution in [0.2, 0.25) is 0 Å². The van der Waals surface area contributed by atoms with Crippen molar-refractivity contribution in [3.8, 4) is 0 Å². The number of carbonyl (C=O) groups is 1. The van der Waals surface area contributed by atoms with Crippen molar-refractivity contribution in [1.29, 1.82) is 0 Å². The van der Waals surface area contributed by atoms with Gasteiger partial charge in [0.2, 0.25) is 0 Å². The second-order valence-corrected chi connectivity index (χ2v) is 5.50. The Morgan fingerprint density at radius 1 is 1.57 bits per heavy atom. The van der Waals surface area contributed by atoms with E-state index in [1.54, 1.807) is 18.5 Å². The number of aromatic amines is 1. The van der Waals surface area contributed by atoms with Gasteiger partial charge in [-0.3, -0.25) is 19.4 Å². The van der Waals surface area contributed by atoms with E-state index < -0.39 is 0 Å². The van der Waals surface area contributed by atoms with Gasteiger partial charge in [0.1, 0.15) is 0 Å². The number of carbonyl (C=O) groups excluding carboxylic acids is 1. The van der Waals surface area contributed by atoms with Crippen molar-refractivity contribution >= 4 is 18.1 Å². The number of H-pyrrole nitrogens is 1. The second-order valence-electron chi connectivity index (χ2n) is 5.12. The molecule has 1 saturated carbocycles. The first-order chi connectivity index (χ1) is 10.2. The number of aryl methyl sites for hydroxylation is 1. The molecule has 2 aromatic rings. The van der Waals surface area contributed by atoms with Crippen molar-refractivity contribution in [2.24, 2.45) is 0 Å². The molecule has 0 bridgehead atoms. The summed E-state index contributed by atoms with van der Waals surface area (Å²) >= 11 is 5.23. The predicted molar refractivity (Wildman–Crippen MR) is 80.5 cm³/mol. The molecule has 0 aliphatic heterocycles. The molecule has 0 radical (unpaired) electrons. The lowest BCUT2D eigenvalue weighted by molar-refractivity contribution is 0.0948. The summed E-state index contributed by atoms with van der Waals surface area (Å²) in [5.74, 6) is 0.675. The topological polar surface area (TPSA) is 75.6 Å². The Morgan fingerprint density at radius 2 is 2.38 bits per heavy atom. The summed E-state index contributed by atoms with van der Waals surface area (Å²) in [4.78, 5) is 16.3. The largest absolute Gasteiger partial charge is 0.345 e. The van der Waals surface area contributed by atoms with E-state index in [1.165, 1.54) is 0 Å². The van der Waals surface area contributed by atoms with Crippen molar-refractivity contribution in [3.63, 3.8) is 0 Å². The van der Waals surface area contributed by atoms with E-state index in [2.05, 4.69) is 20.5 Å². The van der Waals surface area contributed by atoms with Gasteiger partial charge in [-0.25, -0.2) is 0 Å². The van der Waals surface area contributed by atoms with Crippen LogP contribution < -0.4 is 5.32 Å². The van der Waals surface area contributed by atoms with Crippen LogP contribution >= 0.6 is 12.2 Å². The van der Waals surface area contributed by atoms with Crippen LogP contribution in [0.25, 0.3) is 0 Å². The lowest BCUT2D eigenvalue weighted by Gasteiger charge is -2.09. The van der Waals surface area contributed by atoms with Crippen molar-refractivity contribution in [1.82, 2.24) is 25.1 Å². The average Bonchev–Trinajstić information content (AvgIpc) is 3.28. The second kappa shape index (κ2) is 5.77. The van der Waals surface area contributed by atoms with Crippen LogP contribution in [0, 0.1) is 4.77 Å². The number of nitrogens with one attached hydrogen (secondary N) is 2. The summed E-state index contributed by atoms with van der Waals surface area (Å²) in [6, 6.07) is 2.18. The molecular formula is C14H17N5OS. The standard InChI is InChI=1S/C14H17N5OS/c1-2-9-7-15-6-5-11(9)13(20)16-8-12-17-18-14(21)19(12)10-3-4-10/h5-7,10H,2-4,8H2,1H3,(H,16,20)(H,18,21). The lowest BCUT2D eigenvalue weighted by Crippen LogP contribution is -2.25. The van der Waals surface area contributed by atoms with Crippen LogP contribution in [0.5, 0.6) is 0 Å². The fraction of sp³-hybridized carbons (Fsp3) is 0.429. The van der Waals surface area contributed by atoms with Crippen LogP contribution in [-0.4, -0.2) is 25.7 Å². The Morgan fingerprint density at radius 3 is 3.10 bits per heavy atom. The molecule has 1 amide bonds. The van der Waals surface area contributed by atoms with Gasteiger partial charge < -0.3 is 5.32 Å². The zero-order chi connectivity index (χ0) is 14.8. The van der Waals surface area contributed by atoms with E-state index in [4.69, 9.17) is 12.2 Å². The van der Waals surface area contributed by atoms with Crippen LogP contribution in [0.1, 0.15) is 47.6 Å². The van der Waals surface area contributed by atoms with Gasteiger partial charge in [0, 0.05) is 24.0 Å². The van der Waals surface area contributed by atoms with Gasteiger partial charge >= 0.3 is 0 Å². The first kappa shape index (κ1) is 13.9. The van der Waals surface area contributed by atoms with Gasteiger partial charge in [-0.2, -0.15) is 5.10 Å². The van der Waals surface area contributed by atoms with Gasteiger partial charge in [0.05, 0.1) is 6.54 Å². The molecule has 1 fully saturated rings. The van der Waals surface area contributed by atoms with E-state index in [9.17, 15) is 4.79 Å². The highest BCUT2D eigenvalue weighted by molar-refractivity contribution is 7.71. The normalized spacial score (nSPS) is 14.1. The van der Waals surface area contributed by atoms with Gasteiger partial charge in [0.25, 0.3) is 5.91 Å². The maximum absolute atomic E-state index is 12.3. The third-order valence-corrected chi connectivity index (χ3v) is 3.91. The number of amides is 1.